The number of hydrogen-bond donors (Lipinski definition) is 3. The highest BCUT2D eigenvalue weighted by molar-refractivity contribution is 7.11. The zero-order valence-corrected chi connectivity index (χ0v) is 11.5. The van der Waals surface area contributed by atoms with Crippen LogP contribution in [0.1, 0.15) is 41.9 Å². The maximum Gasteiger partial charge on any atom is 0.156 e. The Hall–Kier alpha value is -1.14. The van der Waals surface area contributed by atoms with Gasteiger partial charge in [-0.15, -0.1) is 11.3 Å². The first-order valence-electron chi connectivity index (χ1n) is 5.67. The second-order valence-electron chi connectivity index (χ2n) is 4.06. The lowest BCUT2D eigenvalue weighted by molar-refractivity contribution is 0.313. The quantitative estimate of drug-likeness (QED) is 0.325. The van der Waals surface area contributed by atoms with Gasteiger partial charge in [0.1, 0.15) is 0 Å². The molecule has 6 heteroatoms. The van der Waals surface area contributed by atoms with Gasteiger partial charge in [-0.05, 0) is 27.2 Å². The predicted octanol–water partition coefficient (Wildman–Crippen LogP) is 1.94. The van der Waals surface area contributed by atoms with E-state index < -0.39 is 0 Å². The first-order valence-corrected chi connectivity index (χ1v) is 6.48. The molecular weight excluding hydrogens is 236 g/mol. The van der Waals surface area contributed by atoms with Gasteiger partial charge in [0, 0.05) is 10.9 Å². The molecule has 1 aromatic rings. The Morgan fingerprint density at radius 1 is 1.59 bits per heavy atom. The Morgan fingerprint density at radius 2 is 2.24 bits per heavy atom. The van der Waals surface area contributed by atoms with E-state index in [1.807, 2.05) is 20.8 Å². The van der Waals surface area contributed by atoms with Gasteiger partial charge in [0.15, 0.2) is 5.84 Å². The molecule has 4 N–H and O–H groups in total. The zero-order chi connectivity index (χ0) is 13.0. The summed E-state index contributed by atoms with van der Waals surface area (Å²) in [5.74, 6) is 0.221. The molecule has 1 rings (SSSR count). The molecule has 0 radical (unpaired) electrons. The molecule has 0 aromatic carbocycles. The van der Waals surface area contributed by atoms with Crippen molar-refractivity contribution in [2.24, 2.45) is 10.9 Å². The SMILES string of the molecule is CCC(NC(C)c1sc(C)nc1C)C(N)=NO. The summed E-state index contributed by atoms with van der Waals surface area (Å²) in [6.45, 7) is 8.05. The lowest BCUT2D eigenvalue weighted by Crippen LogP contribution is -2.42. The number of nitrogens with one attached hydrogen (secondary N) is 1. The van der Waals surface area contributed by atoms with Crippen LogP contribution in [0.15, 0.2) is 5.16 Å². The van der Waals surface area contributed by atoms with Crippen LogP contribution < -0.4 is 11.1 Å². The zero-order valence-electron chi connectivity index (χ0n) is 10.7. The van der Waals surface area contributed by atoms with E-state index in [9.17, 15) is 0 Å². The van der Waals surface area contributed by atoms with E-state index in [0.717, 1.165) is 17.1 Å². The lowest BCUT2D eigenvalue weighted by Gasteiger charge is -2.20. The van der Waals surface area contributed by atoms with Gasteiger partial charge in [-0.1, -0.05) is 12.1 Å². The molecule has 1 aromatic heterocycles. The number of aryl methyl sites for hydroxylation is 2. The van der Waals surface area contributed by atoms with E-state index in [4.69, 9.17) is 10.9 Å². The van der Waals surface area contributed by atoms with Crippen molar-refractivity contribution in [2.75, 3.05) is 0 Å². The summed E-state index contributed by atoms with van der Waals surface area (Å²) in [6.07, 6.45) is 0.775. The first kappa shape index (κ1) is 13.9. The second-order valence-corrected chi connectivity index (χ2v) is 5.29. The minimum Gasteiger partial charge on any atom is -0.409 e. The van der Waals surface area contributed by atoms with Crippen molar-refractivity contribution in [3.63, 3.8) is 0 Å². The van der Waals surface area contributed by atoms with Crippen LogP contribution in [0.4, 0.5) is 0 Å². The maximum absolute atomic E-state index is 8.69. The molecule has 2 unspecified atom stereocenters. The third-order valence-electron chi connectivity index (χ3n) is 2.66. The van der Waals surface area contributed by atoms with E-state index in [-0.39, 0.29) is 17.9 Å². The number of nitrogens with two attached hydrogens (primary N) is 1. The van der Waals surface area contributed by atoms with Crippen molar-refractivity contribution in [3.05, 3.63) is 15.6 Å². The summed E-state index contributed by atoms with van der Waals surface area (Å²) in [6, 6.07) is 0.0308. The summed E-state index contributed by atoms with van der Waals surface area (Å²) in [5, 5.41) is 16.1. The standard InChI is InChI=1S/C11H20N4OS/c1-5-9(11(12)15-16)14-7(3)10-6(2)13-8(4)17-10/h7,9,14,16H,5H2,1-4H3,(H2,12,15). The van der Waals surface area contributed by atoms with Crippen molar-refractivity contribution in [1.29, 1.82) is 0 Å². The summed E-state index contributed by atoms with van der Waals surface area (Å²) in [5.41, 5.74) is 6.67. The van der Waals surface area contributed by atoms with Gasteiger partial charge in [-0.3, -0.25) is 5.32 Å². The van der Waals surface area contributed by atoms with Crippen LogP contribution >= 0.6 is 11.3 Å². The number of nitrogens with zero attached hydrogens (tertiary/aromatic N) is 2. The Balaban J connectivity index is 2.77. The molecule has 0 bridgehead atoms. The van der Waals surface area contributed by atoms with E-state index in [0.29, 0.717) is 0 Å². The van der Waals surface area contributed by atoms with Gasteiger partial charge >= 0.3 is 0 Å². The maximum atomic E-state index is 8.69. The molecule has 96 valence electrons. The minimum absolute atomic E-state index is 0.114. The number of thiazole rings is 1. The van der Waals surface area contributed by atoms with Gasteiger partial charge in [0.25, 0.3) is 0 Å². The molecule has 5 nitrogen and oxygen atoms in total. The Kier molecular flexibility index (Phi) is 4.89. The van der Waals surface area contributed by atoms with E-state index in [1.54, 1.807) is 11.3 Å². The summed E-state index contributed by atoms with van der Waals surface area (Å²) < 4.78 is 0. The van der Waals surface area contributed by atoms with Crippen molar-refractivity contribution < 1.29 is 5.21 Å². The van der Waals surface area contributed by atoms with E-state index in [2.05, 4.69) is 22.4 Å². The van der Waals surface area contributed by atoms with Gasteiger partial charge in [0.05, 0.1) is 16.7 Å². The molecular formula is C11H20N4OS. The molecule has 0 fully saturated rings. The van der Waals surface area contributed by atoms with Gasteiger partial charge in [-0.2, -0.15) is 0 Å². The van der Waals surface area contributed by atoms with E-state index >= 15 is 0 Å². The first-order chi connectivity index (χ1) is 7.99. The Labute approximate surface area is 106 Å². The monoisotopic (exact) mass is 256 g/mol. The highest BCUT2D eigenvalue weighted by Crippen LogP contribution is 2.24. The number of hydrogen-bond acceptors (Lipinski definition) is 5. The van der Waals surface area contributed by atoms with Gasteiger partial charge in [0.2, 0.25) is 0 Å². The fourth-order valence-electron chi connectivity index (χ4n) is 1.81. The predicted molar refractivity (Wildman–Crippen MR) is 70.6 cm³/mol. The Bertz CT molecular complexity index is 402. The van der Waals surface area contributed by atoms with Crippen LogP contribution in [-0.4, -0.2) is 22.1 Å². The molecule has 2 atom stereocenters. The molecule has 0 aliphatic carbocycles. The highest BCUT2D eigenvalue weighted by Gasteiger charge is 2.18. The smallest absolute Gasteiger partial charge is 0.156 e. The summed E-state index contributed by atoms with van der Waals surface area (Å²) in [7, 11) is 0. The van der Waals surface area contributed by atoms with Gasteiger partial charge in [-0.25, -0.2) is 4.98 Å². The lowest BCUT2D eigenvalue weighted by atomic mass is 10.1. The van der Waals surface area contributed by atoms with E-state index in [1.165, 1.54) is 4.88 Å². The third kappa shape index (κ3) is 3.41. The molecule has 0 aliphatic heterocycles. The number of rotatable bonds is 5. The van der Waals surface area contributed by atoms with Crippen LogP contribution in [0, 0.1) is 13.8 Å². The van der Waals surface area contributed by atoms with Crippen molar-refractivity contribution in [3.8, 4) is 0 Å². The fraction of sp³-hybridized carbons (Fsp3) is 0.636. The van der Waals surface area contributed by atoms with Gasteiger partial charge < -0.3 is 10.9 Å². The number of aromatic nitrogens is 1. The van der Waals surface area contributed by atoms with Crippen LogP contribution in [0.3, 0.4) is 0 Å². The average Bonchev–Trinajstić information content (AvgIpc) is 2.64. The molecule has 17 heavy (non-hydrogen) atoms. The minimum atomic E-state index is -0.114. The largest absolute Gasteiger partial charge is 0.409 e. The average molecular weight is 256 g/mol. The molecule has 0 saturated heterocycles. The summed E-state index contributed by atoms with van der Waals surface area (Å²) >= 11 is 1.68. The molecule has 0 aliphatic rings. The van der Waals surface area contributed by atoms with Crippen molar-refractivity contribution in [1.82, 2.24) is 10.3 Å². The van der Waals surface area contributed by atoms with Crippen LogP contribution in [-0.2, 0) is 0 Å². The van der Waals surface area contributed by atoms with Crippen molar-refractivity contribution >= 4 is 17.2 Å². The van der Waals surface area contributed by atoms with Crippen LogP contribution in [0.5, 0.6) is 0 Å². The second kappa shape index (κ2) is 5.97. The fourth-order valence-corrected chi connectivity index (χ4v) is 2.75. The third-order valence-corrected chi connectivity index (χ3v) is 3.92. The topological polar surface area (TPSA) is 83.5 Å². The number of amidine groups is 1. The van der Waals surface area contributed by atoms with Crippen molar-refractivity contribution in [2.45, 2.75) is 46.2 Å². The molecule has 1 heterocycles. The molecule has 0 spiro atoms. The number of oxime groups is 1. The van der Waals surface area contributed by atoms with Crippen LogP contribution in [0.2, 0.25) is 0 Å². The molecule has 0 saturated carbocycles. The molecule has 0 amide bonds. The normalized spacial score (nSPS) is 15.9. The highest BCUT2D eigenvalue weighted by atomic mass is 32.1. The summed E-state index contributed by atoms with van der Waals surface area (Å²) in [4.78, 5) is 5.60. The van der Waals surface area contributed by atoms with Crippen LogP contribution in [0.25, 0.3) is 0 Å². The Morgan fingerprint density at radius 3 is 2.65 bits per heavy atom.